The third-order valence-electron chi connectivity index (χ3n) is 0.745. The van der Waals surface area contributed by atoms with E-state index < -0.39 is 5.97 Å². The van der Waals surface area contributed by atoms with E-state index in [4.69, 9.17) is 10.4 Å². The van der Waals surface area contributed by atoms with Crippen LogP contribution in [0.15, 0.2) is 11.8 Å². The van der Waals surface area contributed by atoms with Crippen LogP contribution in [0.4, 0.5) is 0 Å². The van der Waals surface area contributed by atoms with Gasteiger partial charge in [-0.3, -0.25) is 0 Å². The molecule has 0 spiro atoms. The molecule has 0 aromatic carbocycles. The van der Waals surface area contributed by atoms with Gasteiger partial charge >= 0.3 is 35.5 Å². The fourth-order valence-electron chi connectivity index (χ4n) is 0.336. The Bertz CT molecular complexity index is 199. The summed E-state index contributed by atoms with van der Waals surface area (Å²) >= 11 is 0. The molecular formula is C6H8NNaO3. The number of nitrogens with zero attached hydrogens (tertiary/aromatic N) is 1. The van der Waals surface area contributed by atoms with Crippen molar-refractivity contribution < 1.29 is 45.6 Å². The van der Waals surface area contributed by atoms with E-state index >= 15 is 0 Å². The van der Waals surface area contributed by atoms with Crippen LogP contribution in [0.25, 0.3) is 0 Å². The van der Waals surface area contributed by atoms with E-state index in [1.54, 1.807) is 6.92 Å². The summed E-state index contributed by atoms with van der Waals surface area (Å²) < 4.78 is 4.40. The summed E-state index contributed by atoms with van der Waals surface area (Å²) in [5.74, 6) is -0.799. The molecule has 0 aromatic heterocycles. The first-order chi connectivity index (χ1) is 4.76. The number of carbonyl (C=O) groups is 1. The zero-order valence-corrected chi connectivity index (χ0v) is 8.50. The minimum absolute atomic E-state index is 0. The second-order valence-corrected chi connectivity index (χ2v) is 1.38. The van der Waals surface area contributed by atoms with Gasteiger partial charge in [-0.25, -0.2) is 4.79 Å². The van der Waals surface area contributed by atoms with Crippen molar-refractivity contribution in [3.05, 3.63) is 11.8 Å². The van der Waals surface area contributed by atoms with Crippen molar-refractivity contribution in [3.8, 4) is 6.07 Å². The SMILES string of the molecule is CCOC(=O)C(C#N)=CO.[H-].[Na+]. The van der Waals surface area contributed by atoms with Gasteiger partial charge in [-0.15, -0.1) is 0 Å². The number of ether oxygens (including phenoxy) is 1. The second-order valence-electron chi connectivity index (χ2n) is 1.38. The summed E-state index contributed by atoms with van der Waals surface area (Å²) in [7, 11) is 0. The predicted molar refractivity (Wildman–Crippen MR) is 34.1 cm³/mol. The fraction of sp³-hybridized carbons (Fsp3) is 0.333. The molecule has 5 heteroatoms. The van der Waals surface area contributed by atoms with E-state index in [0.717, 1.165) is 0 Å². The van der Waals surface area contributed by atoms with Crippen LogP contribution < -0.4 is 29.6 Å². The predicted octanol–water partition coefficient (Wildman–Crippen LogP) is -2.37. The number of aliphatic hydroxyl groups excluding tert-OH is 1. The molecule has 0 unspecified atom stereocenters. The van der Waals surface area contributed by atoms with Crippen molar-refractivity contribution in [1.82, 2.24) is 0 Å². The van der Waals surface area contributed by atoms with Crippen molar-refractivity contribution in [1.29, 1.82) is 5.26 Å². The zero-order valence-electron chi connectivity index (χ0n) is 7.50. The zero-order chi connectivity index (χ0) is 7.98. The summed E-state index contributed by atoms with van der Waals surface area (Å²) in [6.07, 6.45) is 0.429. The van der Waals surface area contributed by atoms with Crippen LogP contribution in [-0.4, -0.2) is 17.7 Å². The average molecular weight is 165 g/mol. The molecule has 0 bridgehead atoms. The van der Waals surface area contributed by atoms with Crippen LogP contribution >= 0.6 is 0 Å². The third-order valence-corrected chi connectivity index (χ3v) is 0.745. The number of nitriles is 1. The fourth-order valence-corrected chi connectivity index (χ4v) is 0.336. The summed E-state index contributed by atoms with van der Waals surface area (Å²) in [4.78, 5) is 10.5. The average Bonchev–Trinajstić information content (AvgIpc) is 1.91. The molecule has 0 amide bonds. The Morgan fingerprint density at radius 1 is 1.91 bits per heavy atom. The smallest absolute Gasteiger partial charge is 1.00 e. The van der Waals surface area contributed by atoms with Gasteiger partial charge in [0.05, 0.1) is 6.61 Å². The Morgan fingerprint density at radius 3 is 2.73 bits per heavy atom. The summed E-state index contributed by atoms with van der Waals surface area (Å²) in [6, 6.07) is 1.47. The van der Waals surface area contributed by atoms with Crippen LogP contribution in [0.3, 0.4) is 0 Å². The molecule has 0 aliphatic rings. The molecule has 56 valence electrons. The van der Waals surface area contributed by atoms with E-state index in [1.165, 1.54) is 6.07 Å². The monoisotopic (exact) mass is 165 g/mol. The number of hydrogen-bond acceptors (Lipinski definition) is 4. The minimum Gasteiger partial charge on any atom is -1.00 e. The quantitative estimate of drug-likeness (QED) is 0.163. The third kappa shape index (κ3) is 4.85. The van der Waals surface area contributed by atoms with Gasteiger partial charge < -0.3 is 11.3 Å². The minimum atomic E-state index is -0.799. The molecule has 4 nitrogen and oxygen atoms in total. The van der Waals surface area contributed by atoms with Crippen LogP contribution in [0.1, 0.15) is 8.35 Å². The van der Waals surface area contributed by atoms with E-state index in [1.807, 2.05) is 0 Å². The molecule has 0 atom stereocenters. The number of carbonyl (C=O) groups excluding carboxylic acids is 1. The molecule has 0 saturated heterocycles. The topological polar surface area (TPSA) is 70.3 Å². The molecule has 0 aromatic rings. The Hall–Kier alpha value is -0.500. The number of esters is 1. The van der Waals surface area contributed by atoms with E-state index in [2.05, 4.69) is 4.74 Å². The molecule has 0 rings (SSSR count). The van der Waals surface area contributed by atoms with Crippen molar-refractivity contribution in [2.45, 2.75) is 6.92 Å². The van der Waals surface area contributed by atoms with E-state index in [-0.39, 0.29) is 43.2 Å². The molecule has 0 saturated carbocycles. The normalized spacial score (nSPS) is 9.27. The second kappa shape index (κ2) is 7.61. The van der Waals surface area contributed by atoms with Crippen molar-refractivity contribution in [2.75, 3.05) is 6.61 Å². The maximum atomic E-state index is 10.5. The molecule has 11 heavy (non-hydrogen) atoms. The number of rotatable bonds is 2. The van der Waals surface area contributed by atoms with Gasteiger partial charge in [0.1, 0.15) is 12.3 Å². The molecular weight excluding hydrogens is 157 g/mol. The first-order valence-electron chi connectivity index (χ1n) is 2.67. The van der Waals surface area contributed by atoms with Gasteiger partial charge in [0.15, 0.2) is 5.57 Å². The van der Waals surface area contributed by atoms with Crippen LogP contribution in [-0.2, 0) is 9.53 Å². The Kier molecular flexibility index (Phi) is 9.07. The first-order valence-corrected chi connectivity index (χ1v) is 2.67. The van der Waals surface area contributed by atoms with Crippen LogP contribution in [0, 0.1) is 11.3 Å². The molecule has 0 aliphatic carbocycles. The summed E-state index contributed by atoms with van der Waals surface area (Å²) in [5.41, 5.74) is -0.387. The number of aliphatic hydroxyl groups is 1. The standard InChI is InChI=1S/C6H7NO3.Na.H/c1-2-10-6(9)5(3-7)4-8;;/h4,8H,2H2,1H3;;/q;+1;-1. The Morgan fingerprint density at radius 2 is 2.45 bits per heavy atom. The largest absolute Gasteiger partial charge is 1.00 e. The first kappa shape index (κ1) is 13.1. The van der Waals surface area contributed by atoms with E-state index in [0.29, 0.717) is 6.26 Å². The summed E-state index contributed by atoms with van der Waals surface area (Å²) in [5, 5.41) is 16.4. The van der Waals surface area contributed by atoms with Gasteiger partial charge in [0.25, 0.3) is 0 Å². The molecule has 0 fully saturated rings. The van der Waals surface area contributed by atoms with Gasteiger partial charge in [-0.1, -0.05) is 0 Å². The van der Waals surface area contributed by atoms with Gasteiger partial charge in [-0.2, -0.15) is 5.26 Å². The Balaban J connectivity index is -0.000000405. The van der Waals surface area contributed by atoms with Crippen molar-refractivity contribution in [3.63, 3.8) is 0 Å². The van der Waals surface area contributed by atoms with E-state index in [9.17, 15) is 4.79 Å². The van der Waals surface area contributed by atoms with Crippen LogP contribution in [0.2, 0.25) is 0 Å². The maximum absolute atomic E-state index is 10.5. The van der Waals surface area contributed by atoms with Crippen molar-refractivity contribution >= 4 is 5.97 Å². The maximum Gasteiger partial charge on any atom is 1.00 e. The van der Waals surface area contributed by atoms with Gasteiger partial charge in [0, 0.05) is 0 Å². The molecule has 1 N–H and O–H groups in total. The summed E-state index contributed by atoms with van der Waals surface area (Å²) in [6.45, 7) is 1.81. The molecule has 0 radical (unpaired) electrons. The van der Waals surface area contributed by atoms with Crippen molar-refractivity contribution in [2.24, 2.45) is 0 Å². The van der Waals surface area contributed by atoms with Crippen LogP contribution in [0.5, 0.6) is 0 Å². The molecule has 0 heterocycles. The number of hydrogen-bond donors (Lipinski definition) is 1. The molecule has 0 aliphatic heterocycles. The van der Waals surface area contributed by atoms with Gasteiger partial charge in [0.2, 0.25) is 0 Å². The van der Waals surface area contributed by atoms with Gasteiger partial charge in [-0.05, 0) is 6.92 Å². The Labute approximate surface area is 88.2 Å².